The summed E-state index contributed by atoms with van der Waals surface area (Å²) >= 11 is 2.47. The van der Waals surface area contributed by atoms with Gasteiger partial charge < -0.3 is 0 Å². The molecule has 1 heterocycles. The summed E-state index contributed by atoms with van der Waals surface area (Å²) in [5.74, 6) is 0. The first kappa shape index (κ1) is 7.82. The van der Waals surface area contributed by atoms with Crippen LogP contribution in [0, 0.1) is 6.92 Å². The van der Waals surface area contributed by atoms with E-state index in [0.717, 1.165) is 0 Å². The van der Waals surface area contributed by atoms with Gasteiger partial charge in [-0.25, -0.2) is 0 Å². The minimum absolute atomic E-state index is 1.24. The average molecular weight is 166 g/mol. The largest absolute Gasteiger partial charge is 0.266 e. The second-order valence-electron chi connectivity index (χ2n) is 2.43. The smallest absolute Gasteiger partial charge is 0.108 e. The highest BCUT2D eigenvalue weighted by molar-refractivity contribution is 7.43. The molecule has 1 rings (SSSR count). The lowest BCUT2D eigenvalue weighted by molar-refractivity contribution is 1.54. The highest BCUT2D eigenvalue weighted by Gasteiger charge is 1.88. The molecule has 0 nitrogen and oxygen atoms in total. The molecule has 0 aliphatic heterocycles. The van der Waals surface area contributed by atoms with Crippen molar-refractivity contribution in [3.63, 3.8) is 0 Å². The molecule has 0 aliphatic rings. The van der Waals surface area contributed by atoms with Gasteiger partial charge in [0.2, 0.25) is 0 Å². The molecule has 0 N–H and O–H groups in total. The summed E-state index contributed by atoms with van der Waals surface area (Å²) in [7, 11) is 1.51. The van der Waals surface area contributed by atoms with Gasteiger partial charge in [-0.2, -0.15) is 0 Å². The Bertz CT molecular complexity index is 172. The van der Waals surface area contributed by atoms with E-state index >= 15 is 0 Å². The van der Waals surface area contributed by atoms with Crippen LogP contribution in [-0.4, -0.2) is 32.6 Å². The normalized spacial score (nSPS) is 9.44. The van der Waals surface area contributed by atoms with Crippen LogP contribution in [0.4, 0.5) is 0 Å². The van der Waals surface area contributed by atoms with Crippen molar-refractivity contribution >= 4 is 49.1 Å². The maximum atomic E-state index is 2.31. The van der Waals surface area contributed by atoms with Gasteiger partial charge in [-0.05, 0) is 6.92 Å². The molecular formula is C6H9Al2P. The predicted molar refractivity (Wildman–Crippen MR) is 50.0 cm³/mol. The molecule has 0 spiro atoms. The first-order valence-corrected chi connectivity index (χ1v) is 6.00. The van der Waals surface area contributed by atoms with E-state index in [4.69, 9.17) is 0 Å². The van der Waals surface area contributed by atoms with Gasteiger partial charge in [-0.1, -0.05) is 26.0 Å². The van der Waals surface area contributed by atoms with Crippen molar-refractivity contribution in [1.29, 1.82) is 0 Å². The lowest BCUT2D eigenvalue weighted by Gasteiger charge is -1.97. The van der Waals surface area contributed by atoms with Crippen molar-refractivity contribution in [2.45, 2.75) is 6.92 Å². The summed E-state index contributed by atoms with van der Waals surface area (Å²) in [6.07, 6.45) is 0. The summed E-state index contributed by atoms with van der Waals surface area (Å²) in [6.45, 7) is 2.18. The number of rotatable bonds is 0. The van der Waals surface area contributed by atoms with E-state index in [0.29, 0.717) is 0 Å². The molecule has 0 unspecified atom stereocenters. The van der Waals surface area contributed by atoms with E-state index in [9.17, 15) is 0 Å². The van der Waals surface area contributed by atoms with Gasteiger partial charge in [-0.3, -0.25) is 0 Å². The fourth-order valence-electron chi connectivity index (χ4n) is 1.04. The van der Waals surface area contributed by atoms with Crippen molar-refractivity contribution in [2.24, 2.45) is 0 Å². The monoisotopic (exact) mass is 166 g/mol. The SMILES string of the molecule is Cc1c[c]([AlH2])p[c]([AlH2])c1. The Morgan fingerprint density at radius 1 is 1.22 bits per heavy atom. The molecule has 1 aromatic rings. The molecule has 0 saturated heterocycles. The van der Waals surface area contributed by atoms with Gasteiger partial charge >= 0.3 is 0 Å². The topological polar surface area (TPSA) is 0 Å². The minimum atomic E-state index is 1.24. The van der Waals surface area contributed by atoms with Crippen LogP contribution in [0.2, 0.25) is 0 Å². The van der Waals surface area contributed by atoms with Crippen LogP contribution in [0.5, 0.6) is 0 Å². The summed E-state index contributed by atoms with van der Waals surface area (Å²) in [5.41, 5.74) is 1.45. The van der Waals surface area contributed by atoms with E-state index in [1.165, 1.54) is 46.3 Å². The maximum Gasteiger partial charge on any atom is 0.266 e. The van der Waals surface area contributed by atoms with Crippen molar-refractivity contribution < 1.29 is 0 Å². The van der Waals surface area contributed by atoms with Gasteiger partial charge in [0, 0.05) is 0 Å². The van der Waals surface area contributed by atoms with Crippen LogP contribution in [0.3, 0.4) is 0 Å². The van der Waals surface area contributed by atoms with Crippen LogP contribution >= 0.6 is 8.19 Å². The molecule has 0 radical (unpaired) electrons. The fraction of sp³-hybridized carbons (Fsp3) is 0.167. The Hall–Kier alpha value is 0.715. The van der Waals surface area contributed by atoms with Crippen LogP contribution < -0.4 is 8.31 Å². The van der Waals surface area contributed by atoms with Crippen LogP contribution in [0.1, 0.15) is 5.56 Å². The molecule has 0 atom stereocenters. The first-order valence-electron chi connectivity index (χ1n) is 3.10. The maximum absolute atomic E-state index is 2.31. The molecule has 0 fully saturated rings. The Morgan fingerprint density at radius 3 is 2.00 bits per heavy atom. The lowest BCUT2D eigenvalue weighted by atomic mass is 10.3. The van der Waals surface area contributed by atoms with Crippen molar-refractivity contribution in [3.05, 3.63) is 17.7 Å². The summed E-state index contributed by atoms with van der Waals surface area (Å²) in [6, 6.07) is 4.63. The molecule has 0 bridgehead atoms. The zero-order chi connectivity index (χ0) is 6.85. The lowest BCUT2D eigenvalue weighted by Crippen LogP contribution is -2.06. The second-order valence-corrected chi connectivity index (χ2v) is 7.90. The van der Waals surface area contributed by atoms with Gasteiger partial charge in [-0.15, -0.1) is 8.19 Å². The zero-order valence-electron chi connectivity index (χ0n) is 6.10. The Labute approximate surface area is 73.6 Å². The van der Waals surface area contributed by atoms with Gasteiger partial charge in [0.25, 0.3) is 32.6 Å². The van der Waals surface area contributed by atoms with Crippen LogP contribution in [0.25, 0.3) is 0 Å². The third-order valence-corrected chi connectivity index (χ3v) is 4.11. The van der Waals surface area contributed by atoms with Gasteiger partial charge in [0.15, 0.2) is 0 Å². The molecule has 44 valence electrons. The molecule has 0 aromatic carbocycles. The number of hydrogen-bond acceptors (Lipinski definition) is 0. The van der Waals surface area contributed by atoms with E-state index in [1.807, 2.05) is 0 Å². The molecule has 0 saturated carbocycles. The Morgan fingerprint density at radius 2 is 1.67 bits per heavy atom. The highest BCUT2D eigenvalue weighted by atomic mass is 31.0. The van der Waals surface area contributed by atoms with Gasteiger partial charge in [0.1, 0.15) is 0 Å². The molecule has 1 aromatic heterocycles. The quantitative estimate of drug-likeness (QED) is 0.438. The third-order valence-electron chi connectivity index (χ3n) is 1.23. The Balaban J connectivity index is 3.17. The fourth-order valence-corrected chi connectivity index (χ4v) is 6.50. The molecule has 9 heavy (non-hydrogen) atoms. The predicted octanol–water partition coefficient (Wildman–Crippen LogP) is -0.908. The summed E-state index contributed by atoms with van der Waals surface area (Å²) in [5, 5.41) is 0. The minimum Gasteiger partial charge on any atom is -0.108 e. The van der Waals surface area contributed by atoms with Crippen molar-refractivity contribution in [3.8, 4) is 0 Å². The molecule has 3 heteroatoms. The third kappa shape index (κ3) is 2.43. The summed E-state index contributed by atoms with van der Waals surface area (Å²) < 4.78 is 3.25. The van der Waals surface area contributed by atoms with Crippen molar-refractivity contribution in [1.82, 2.24) is 0 Å². The second kappa shape index (κ2) is 3.21. The Kier molecular flexibility index (Phi) is 2.79. The number of aryl methyl sites for hydroxylation is 1. The average Bonchev–Trinajstić information content (AvgIpc) is 1.59. The van der Waals surface area contributed by atoms with E-state index in [-0.39, 0.29) is 0 Å². The summed E-state index contributed by atoms with van der Waals surface area (Å²) in [4.78, 5) is 0. The van der Waals surface area contributed by atoms with Crippen molar-refractivity contribution in [2.75, 3.05) is 0 Å². The van der Waals surface area contributed by atoms with Crippen LogP contribution in [-0.2, 0) is 0 Å². The number of hydrogen-bond donors (Lipinski definition) is 0. The molecule has 0 aliphatic carbocycles. The standard InChI is InChI=1S/C6H5P.2Al.4H/c1-6-2-4-7-5-3-6;;;;;;/h2-3H,1H3;;;;;;. The van der Waals surface area contributed by atoms with Gasteiger partial charge in [0.05, 0.1) is 0 Å². The first-order chi connectivity index (χ1) is 4.18. The zero-order valence-corrected chi connectivity index (χ0v) is 11.0. The van der Waals surface area contributed by atoms with E-state index in [1.54, 1.807) is 8.31 Å². The van der Waals surface area contributed by atoms with E-state index < -0.39 is 0 Å². The highest BCUT2D eigenvalue weighted by Crippen LogP contribution is 1.97. The van der Waals surface area contributed by atoms with Crippen LogP contribution in [0.15, 0.2) is 12.1 Å². The molecular weight excluding hydrogens is 157 g/mol. The van der Waals surface area contributed by atoms with E-state index in [2.05, 4.69) is 19.1 Å². The molecule has 0 amide bonds.